The van der Waals surface area contributed by atoms with Gasteiger partial charge in [-0.2, -0.15) is 0 Å². The van der Waals surface area contributed by atoms with Crippen LogP contribution >= 0.6 is 0 Å². The van der Waals surface area contributed by atoms with Crippen LogP contribution in [0.5, 0.6) is 0 Å². The number of nitrogens with one attached hydrogen (secondary N) is 1. The quantitative estimate of drug-likeness (QED) is 0.750. The van der Waals surface area contributed by atoms with Crippen LogP contribution in [0.1, 0.15) is 52.4 Å². The van der Waals surface area contributed by atoms with Crippen LogP contribution in [0, 0.1) is 11.3 Å². The zero-order valence-electron chi connectivity index (χ0n) is 10.9. The summed E-state index contributed by atoms with van der Waals surface area (Å²) >= 11 is 0. The summed E-state index contributed by atoms with van der Waals surface area (Å²) in [6, 6.07) is 0.827. The van der Waals surface area contributed by atoms with Crippen molar-refractivity contribution in [2.24, 2.45) is 11.3 Å². The Hall–Kier alpha value is -0.0800. The molecular weight excluding hydrogens is 198 g/mol. The zero-order chi connectivity index (χ0) is 11.4. The molecule has 0 bridgehead atoms. The first-order chi connectivity index (χ1) is 7.77. The summed E-state index contributed by atoms with van der Waals surface area (Å²) in [5.74, 6) is 0.795. The first kappa shape index (κ1) is 12.4. The molecule has 0 spiro atoms. The van der Waals surface area contributed by atoms with E-state index in [0.29, 0.717) is 5.41 Å². The molecule has 1 saturated carbocycles. The molecule has 2 fully saturated rings. The second-order valence-corrected chi connectivity index (χ2v) is 5.86. The lowest BCUT2D eigenvalue weighted by Gasteiger charge is -2.42. The molecule has 0 amide bonds. The Kier molecular flexibility index (Phi) is 4.26. The molecule has 2 aliphatic rings. The lowest BCUT2D eigenvalue weighted by Crippen LogP contribution is -2.46. The predicted molar refractivity (Wildman–Crippen MR) is 67.6 cm³/mol. The minimum atomic E-state index is 0.427. The van der Waals surface area contributed by atoms with E-state index in [-0.39, 0.29) is 0 Å². The van der Waals surface area contributed by atoms with Crippen molar-refractivity contribution in [1.29, 1.82) is 0 Å². The van der Waals surface area contributed by atoms with Gasteiger partial charge in [-0.25, -0.2) is 0 Å². The van der Waals surface area contributed by atoms with Gasteiger partial charge in [0.1, 0.15) is 0 Å². The van der Waals surface area contributed by atoms with Crippen molar-refractivity contribution in [3.63, 3.8) is 0 Å². The van der Waals surface area contributed by atoms with Gasteiger partial charge in [-0.1, -0.05) is 26.7 Å². The van der Waals surface area contributed by atoms with Gasteiger partial charge in [0.15, 0.2) is 0 Å². The van der Waals surface area contributed by atoms with Crippen LogP contribution in [0.3, 0.4) is 0 Å². The monoisotopic (exact) mass is 225 g/mol. The van der Waals surface area contributed by atoms with Gasteiger partial charge in [0, 0.05) is 24.6 Å². The maximum atomic E-state index is 5.77. The van der Waals surface area contributed by atoms with E-state index in [4.69, 9.17) is 4.74 Å². The Morgan fingerprint density at radius 1 is 1.44 bits per heavy atom. The fourth-order valence-electron chi connectivity index (χ4n) is 2.95. The van der Waals surface area contributed by atoms with Crippen molar-refractivity contribution in [2.75, 3.05) is 19.8 Å². The van der Waals surface area contributed by atoms with Gasteiger partial charge in [-0.05, 0) is 31.6 Å². The highest BCUT2D eigenvalue weighted by Crippen LogP contribution is 2.39. The average molecular weight is 225 g/mol. The smallest absolute Gasteiger partial charge is 0.0537 e. The van der Waals surface area contributed by atoms with Crippen LogP contribution in [0.2, 0.25) is 0 Å². The van der Waals surface area contributed by atoms with Gasteiger partial charge in [0.25, 0.3) is 0 Å². The number of hydrogen-bond donors (Lipinski definition) is 1. The minimum Gasteiger partial charge on any atom is -0.381 e. The van der Waals surface area contributed by atoms with Crippen molar-refractivity contribution in [3.05, 3.63) is 0 Å². The second-order valence-electron chi connectivity index (χ2n) is 5.86. The molecule has 1 aliphatic carbocycles. The third kappa shape index (κ3) is 2.98. The van der Waals surface area contributed by atoms with E-state index in [1.165, 1.54) is 45.1 Å². The molecule has 2 unspecified atom stereocenters. The molecule has 1 aliphatic heterocycles. The topological polar surface area (TPSA) is 21.3 Å². The molecule has 2 heteroatoms. The van der Waals surface area contributed by atoms with Gasteiger partial charge in [-0.3, -0.25) is 0 Å². The standard InChI is InChI=1S/C14H27NO/c1-3-5-12(2)14(8-4-9-16-11-14)10-15-13-6-7-13/h12-13,15H,3-11H2,1-2H3. The highest BCUT2D eigenvalue weighted by Gasteiger charge is 2.38. The molecule has 0 radical (unpaired) electrons. The summed E-state index contributed by atoms with van der Waals surface area (Å²) in [5, 5.41) is 3.73. The molecule has 2 nitrogen and oxygen atoms in total. The van der Waals surface area contributed by atoms with Gasteiger partial charge in [0.05, 0.1) is 6.61 Å². The molecule has 2 atom stereocenters. The lowest BCUT2D eigenvalue weighted by atomic mass is 9.70. The summed E-state index contributed by atoms with van der Waals surface area (Å²) < 4.78 is 5.77. The van der Waals surface area contributed by atoms with E-state index in [1.807, 2.05) is 0 Å². The first-order valence-corrected chi connectivity index (χ1v) is 7.08. The van der Waals surface area contributed by atoms with Gasteiger partial charge in [-0.15, -0.1) is 0 Å². The van der Waals surface area contributed by atoms with Crippen molar-refractivity contribution in [3.8, 4) is 0 Å². The maximum absolute atomic E-state index is 5.77. The summed E-state index contributed by atoms with van der Waals surface area (Å²) in [7, 11) is 0. The van der Waals surface area contributed by atoms with E-state index in [1.54, 1.807) is 0 Å². The second kappa shape index (κ2) is 5.50. The summed E-state index contributed by atoms with van der Waals surface area (Å²) in [5.41, 5.74) is 0.427. The molecule has 0 aromatic rings. The Bertz CT molecular complexity index is 207. The highest BCUT2D eigenvalue weighted by molar-refractivity contribution is 4.91. The normalized spacial score (nSPS) is 32.6. The Labute approximate surface area is 100 Å². The van der Waals surface area contributed by atoms with E-state index in [2.05, 4.69) is 19.2 Å². The minimum absolute atomic E-state index is 0.427. The molecule has 0 aromatic carbocycles. The van der Waals surface area contributed by atoms with Crippen molar-refractivity contribution in [2.45, 2.75) is 58.4 Å². The van der Waals surface area contributed by atoms with Crippen molar-refractivity contribution in [1.82, 2.24) is 5.32 Å². The summed E-state index contributed by atoms with van der Waals surface area (Å²) in [6.45, 7) is 7.85. The van der Waals surface area contributed by atoms with Crippen LogP contribution in [0.15, 0.2) is 0 Å². The molecular formula is C14H27NO. The Balaban J connectivity index is 1.91. The fourth-order valence-corrected chi connectivity index (χ4v) is 2.95. The molecule has 1 heterocycles. The lowest BCUT2D eigenvalue weighted by molar-refractivity contribution is -0.0398. The third-order valence-corrected chi connectivity index (χ3v) is 4.44. The van der Waals surface area contributed by atoms with Crippen LogP contribution in [0.25, 0.3) is 0 Å². The third-order valence-electron chi connectivity index (χ3n) is 4.44. The van der Waals surface area contributed by atoms with Crippen molar-refractivity contribution < 1.29 is 4.74 Å². The number of ether oxygens (including phenoxy) is 1. The van der Waals surface area contributed by atoms with Crippen LogP contribution in [0.4, 0.5) is 0 Å². The average Bonchev–Trinajstić information content (AvgIpc) is 3.12. The Morgan fingerprint density at radius 3 is 2.81 bits per heavy atom. The van der Waals surface area contributed by atoms with E-state index < -0.39 is 0 Å². The molecule has 94 valence electrons. The fraction of sp³-hybridized carbons (Fsp3) is 1.00. The van der Waals surface area contributed by atoms with Crippen LogP contribution in [-0.4, -0.2) is 25.8 Å². The van der Waals surface area contributed by atoms with Gasteiger partial charge in [0.2, 0.25) is 0 Å². The predicted octanol–water partition coefficient (Wildman–Crippen LogP) is 2.97. The van der Waals surface area contributed by atoms with E-state index >= 15 is 0 Å². The van der Waals surface area contributed by atoms with E-state index in [9.17, 15) is 0 Å². The summed E-state index contributed by atoms with van der Waals surface area (Å²) in [4.78, 5) is 0. The number of hydrogen-bond acceptors (Lipinski definition) is 2. The van der Waals surface area contributed by atoms with Crippen LogP contribution in [-0.2, 0) is 4.74 Å². The maximum Gasteiger partial charge on any atom is 0.0537 e. The molecule has 1 saturated heterocycles. The molecule has 2 rings (SSSR count). The highest BCUT2D eigenvalue weighted by atomic mass is 16.5. The molecule has 16 heavy (non-hydrogen) atoms. The number of rotatable bonds is 6. The van der Waals surface area contributed by atoms with Crippen LogP contribution < -0.4 is 5.32 Å². The van der Waals surface area contributed by atoms with Crippen molar-refractivity contribution >= 4 is 0 Å². The SMILES string of the molecule is CCCC(C)C1(CNC2CC2)CCCOC1. The van der Waals surface area contributed by atoms with E-state index in [0.717, 1.165) is 25.2 Å². The largest absolute Gasteiger partial charge is 0.381 e. The van der Waals surface area contributed by atoms with Gasteiger partial charge >= 0.3 is 0 Å². The Morgan fingerprint density at radius 2 is 2.25 bits per heavy atom. The first-order valence-electron chi connectivity index (χ1n) is 7.08. The summed E-state index contributed by atoms with van der Waals surface area (Å²) in [6.07, 6.45) is 8.02. The van der Waals surface area contributed by atoms with Gasteiger partial charge < -0.3 is 10.1 Å². The molecule has 0 aromatic heterocycles. The molecule has 1 N–H and O–H groups in total. The zero-order valence-corrected chi connectivity index (χ0v) is 10.9.